The van der Waals surface area contributed by atoms with Crippen molar-refractivity contribution in [1.29, 1.82) is 0 Å². The normalized spacial score (nSPS) is 7.64. The van der Waals surface area contributed by atoms with Gasteiger partial charge in [-0.25, -0.2) is 0 Å². The summed E-state index contributed by atoms with van der Waals surface area (Å²) in [6.45, 7) is 0. The van der Waals surface area contributed by atoms with Gasteiger partial charge in [-0.3, -0.25) is 4.79 Å². The summed E-state index contributed by atoms with van der Waals surface area (Å²) in [5, 5.41) is 0. The van der Waals surface area contributed by atoms with Crippen LogP contribution in [0.15, 0.2) is 24.5 Å². The molecule has 0 saturated heterocycles. The van der Waals surface area contributed by atoms with E-state index in [4.69, 9.17) is 0 Å². The number of hydrogen-bond acceptors (Lipinski definition) is 2. The maximum absolute atomic E-state index is 9.59. The predicted molar refractivity (Wildman–Crippen MR) is 40.7 cm³/mol. The molecule has 0 aliphatic rings. The van der Waals surface area contributed by atoms with Gasteiger partial charge < -0.3 is 15.5 Å². The summed E-state index contributed by atoms with van der Waals surface area (Å²) < 4.78 is 0. The van der Waals surface area contributed by atoms with Crippen molar-refractivity contribution in [2.45, 2.75) is 6.42 Å². The number of carbonyl (C=O) groups excluding carboxylic acids is 2. The smallest absolute Gasteiger partial charge is 0.224 e. The van der Waals surface area contributed by atoms with Gasteiger partial charge >= 0.3 is 0 Å². The van der Waals surface area contributed by atoms with Gasteiger partial charge in [0, 0.05) is 12.4 Å². The van der Waals surface area contributed by atoms with E-state index in [9.17, 15) is 9.59 Å². The fourth-order valence-electron chi connectivity index (χ4n) is 0.360. The molecular weight excluding hydrogens is 144 g/mol. The fourth-order valence-corrected chi connectivity index (χ4v) is 0.360. The molecule has 4 nitrogen and oxygen atoms in total. The first kappa shape index (κ1) is 9.42. The van der Waals surface area contributed by atoms with E-state index in [1.165, 1.54) is 0 Å². The Labute approximate surface area is 64.4 Å². The van der Waals surface area contributed by atoms with Crippen LogP contribution in [0, 0.1) is 0 Å². The minimum Gasteiger partial charge on any atom is -0.369 e. The Morgan fingerprint density at radius 3 is 2.09 bits per heavy atom. The number of hydrogen-bond donors (Lipinski definition) is 2. The number of nitrogens with two attached hydrogens (primary N) is 1. The Balaban J connectivity index is 0.000000183. The summed E-state index contributed by atoms with van der Waals surface area (Å²) in [6.07, 6.45) is 4.06. The minimum atomic E-state index is -0.579. The van der Waals surface area contributed by atoms with Crippen LogP contribution in [0.5, 0.6) is 0 Å². The number of nitrogens with one attached hydrogen (secondary N) is 1. The molecule has 0 aliphatic carbocycles. The third-order valence-electron chi connectivity index (χ3n) is 0.781. The van der Waals surface area contributed by atoms with E-state index in [0.717, 1.165) is 0 Å². The summed E-state index contributed by atoms with van der Waals surface area (Å²) in [7, 11) is 0. The first-order valence-electron chi connectivity index (χ1n) is 3.07. The highest BCUT2D eigenvalue weighted by molar-refractivity contribution is 5.86. The highest BCUT2D eigenvalue weighted by Gasteiger charge is 1.84. The minimum absolute atomic E-state index is 0.167. The zero-order valence-electron chi connectivity index (χ0n) is 5.99. The van der Waals surface area contributed by atoms with Crippen molar-refractivity contribution in [2.24, 2.45) is 5.73 Å². The van der Waals surface area contributed by atoms with Crippen LogP contribution < -0.4 is 5.73 Å². The van der Waals surface area contributed by atoms with E-state index in [-0.39, 0.29) is 6.42 Å². The van der Waals surface area contributed by atoms with Crippen molar-refractivity contribution < 1.29 is 9.59 Å². The van der Waals surface area contributed by atoms with Crippen LogP contribution in [0.3, 0.4) is 0 Å². The second-order valence-corrected chi connectivity index (χ2v) is 1.72. The SMILES string of the molecule is NC(=O)CC=O.c1cc[nH]c1. The van der Waals surface area contributed by atoms with Crippen LogP contribution in [0.2, 0.25) is 0 Å². The Kier molecular flexibility index (Phi) is 5.60. The number of H-pyrrole nitrogens is 1. The Hall–Kier alpha value is -1.58. The summed E-state index contributed by atoms with van der Waals surface area (Å²) in [5.41, 5.74) is 4.53. The molecule has 0 unspecified atom stereocenters. The second kappa shape index (κ2) is 6.54. The molecule has 0 saturated carbocycles. The molecule has 1 aromatic heterocycles. The number of amides is 1. The number of carbonyl (C=O) groups is 2. The zero-order valence-corrected chi connectivity index (χ0v) is 5.99. The topological polar surface area (TPSA) is 76.0 Å². The molecule has 0 radical (unpaired) electrons. The van der Waals surface area contributed by atoms with Gasteiger partial charge in [0.15, 0.2) is 0 Å². The maximum Gasteiger partial charge on any atom is 0.224 e. The molecule has 0 aliphatic heterocycles. The van der Waals surface area contributed by atoms with Gasteiger partial charge in [0.05, 0.1) is 6.42 Å². The van der Waals surface area contributed by atoms with Crippen molar-refractivity contribution in [2.75, 3.05) is 0 Å². The molecule has 4 heteroatoms. The van der Waals surface area contributed by atoms with Gasteiger partial charge in [0.1, 0.15) is 6.29 Å². The average Bonchev–Trinajstić information content (AvgIpc) is 2.41. The highest BCUT2D eigenvalue weighted by Crippen LogP contribution is 1.72. The highest BCUT2D eigenvalue weighted by atomic mass is 16.2. The van der Waals surface area contributed by atoms with Crippen LogP contribution in [-0.4, -0.2) is 17.2 Å². The second-order valence-electron chi connectivity index (χ2n) is 1.72. The standard InChI is InChI=1S/C4H5N.C3H5NO2/c1-2-4-5-3-1;4-3(6)1-2-5/h1-5H;2H,1H2,(H2,4,6). The summed E-state index contributed by atoms with van der Waals surface area (Å²) in [6, 6.07) is 3.89. The van der Waals surface area contributed by atoms with Crippen molar-refractivity contribution in [3.05, 3.63) is 24.5 Å². The lowest BCUT2D eigenvalue weighted by Gasteiger charge is -1.73. The Bertz CT molecular complexity index is 177. The quantitative estimate of drug-likeness (QED) is 0.467. The molecule has 1 rings (SSSR count). The molecule has 0 bridgehead atoms. The fraction of sp³-hybridized carbons (Fsp3) is 0.143. The van der Waals surface area contributed by atoms with Crippen molar-refractivity contribution >= 4 is 12.2 Å². The molecule has 1 aromatic rings. The monoisotopic (exact) mass is 154 g/mol. The van der Waals surface area contributed by atoms with Crippen molar-refractivity contribution in [1.82, 2.24) is 4.98 Å². The predicted octanol–water partition coefficient (Wildman–Crippen LogP) is 0.0754. The third kappa shape index (κ3) is 8.42. The van der Waals surface area contributed by atoms with E-state index in [0.29, 0.717) is 6.29 Å². The Morgan fingerprint density at radius 2 is 2.00 bits per heavy atom. The van der Waals surface area contributed by atoms with E-state index >= 15 is 0 Å². The maximum atomic E-state index is 9.59. The average molecular weight is 154 g/mol. The van der Waals surface area contributed by atoms with Gasteiger partial charge in [-0.05, 0) is 12.1 Å². The molecule has 0 atom stereocenters. The number of aromatic amines is 1. The third-order valence-corrected chi connectivity index (χ3v) is 0.781. The largest absolute Gasteiger partial charge is 0.369 e. The van der Waals surface area contributed by atoms with E-state index in [1.54, 1.807) is 0 Å². The summed E-state index contributed by atoms with van der Waals surface area (Å²) in [4.78, 5) is 21.8. The van der Waals surface area contributed by atoms with Gasteiger partial charge in [-0.15, -0.1) is 0 Å². The first-order valence-corrected chi connectivity index (χ1v) is 3.07. The summed E-state index contributed by atoms with van der Waals surface area (Å²) >= 11 is 0. The van der Waals surface area contributed by atoms with Gasteiger partial charge in [-0.2, -0.15) is 0 Å². The molecule has 11 heavy (non-hydrogen) atoms. The number of rotatable bonds is 2. The van der Waals surface area contributed by atoms with Gasteiger partial charge in [0.25, 0.3) is 0 Å². The molecule has 60 valence electrons. The van der Waals surface area contributed by atoms with E-state index in [1.807, 2.05) is 24.5 Å². The number of aldehydes is 1. The zero-order chi connectivity index (χ0) is 8.53. The lowest BCUT2D eigenvalue weighted by molar-refractivity contribution is -0.121. The summed E-state index contributed by atoms with van der Waals surface area (Å²) in [5.74, 6) is -0.579. The first-order chi connectivity index (χ1) is 5.27. The molecular formula is C7H10N2O2. The molecule has 3 N–H and O–H groups in total. The van der Waals surface area contributed by atoms with E-state index < -0.39 is 5.91 Å². The number of primary amides is 1. The number of aromatic nitrogens is 1. The lowest BCUT2D eigenvalue weighted by Crippen LogP contribution is -2.09. The van der Waals surface area contributed by atoms with Crippen molar-refractivity contribution in [3.63, 3.8) is 0 Å². The lowest BCUT2D eigenvalue weighted by atomic mass is 10.5. The van der Waals surface area contributed by atoms with Crippen LogP contribution in [0.4, 0.5) is 0 Å². The molecule has 0 spiro atoms. The van der Waals surface area contributed by atoms with Gasteiger partial charge in [-0.1, -0.05) is 0 Å². The van der Waals surface area contributed by atoms with Crippen molar-refractivity contribution in [3.8, 4) is 0 Å². The van der Waals surface area contributed by atoms with Crippen LogP contribution >= 0.6 is 0 Å². The molecule has 0 aromatic carbocycles. The van der Waals surface area contributed by atoms with Crippen LogP contribution in [0.1, 0.15) is 6.42 Å². The Morgan fingerprint density at radius 1 is 1.45 bits per heavy atom. The molecule has 1 heterocycles. The van der Waals surface area contributed by atoms with Crippen LogP contribution in [0.25, 0.3) is 0 Å². The van der Waals surface area contributed by atoms with E-state index in [2.05, 4.69) is 10.7 Å². The van der Waals surface area contributed by atoms with Crippen LogP contribution in [-0.2, 0) is 9.59 Å². The van der Waals surface area contributed by atoms with Gasteiger partial charge in [0.2, 0.25) is 5.91 Å². The molecule has 1 amide bonds. The molecule has 0 fully saturated rings.